The van der Waals surface area contributed by atoms with Crippen molar-refractivity contribution in [2.75, 3.05) is 0 Å². The molecule has 6 heteroatoms. The van der Waals surface area contributed by atoms with E-state index in [4.69, 9.17) is 5.26 Å². The number of hydrogen-bond acceptors (Lipinski definition) is 4. The molecule has 0 radical (unpaired) electrons. The molecule has 2 heterocycles. The molecule has 0 bridgehead atoms. The molecule has 1 aromatic carbocycles. The van der Waals surface area contributed by atoms with Crippen LogP contribution in [0.1, 0.15) is 35.6 Å². The van der Waals surface area contributed by atoms with Crippen LogP contribution in [-0.4, -0.2) is 26.7 Å². The average Bonchev–Trinajstić information content (AvgIpc) is 2.94. The lowest BCUT2D eigenvalue weighted by atomic mass is 10.1. The van der Waals surface area contributed by atoms with Crippen LogP contribution in [0.3, 0.4) is 0 Å². The van der Waals surface area contributed by atoms with Crippen LogP contribution in [-0.2, 0) is 24.2 Å². The van der Waals surface area contributed by atoms with Gasteiger partial charge in [-0.05, 0) is 37.5 Å². The van der Waals surface area contributed by atoms with E-state index < -0.39 is 0 Å². The van der Waals surface area contributed by atoms with Gasteiger partial charge >= 0.3 is 0 Å². The van der Waals surface area contributed by atoms with E-state index in [0.717, 1.165) is 36.6 Å². The van der Waals surface area contributed by atoms with Gasteiger partial charge in [0.2, 0.25) is 5.91 Å². The number of carbonyl (C=O) groups excluding carboxylic acids is 1. The lowest BCUT2D eigenvalue weighted by Crippen LogP contribution is -2.41. The molecule has 1 unspecified atom stereocenters. The summed E-state index contributed by atoms with van der Waals surface area (Å²) in [5, 5.41) is 20.1. The van der Waals surface area contributed by atoms with Gasteiger partial charge in [0, 0.05) is 25.4 Å². The van der Waals surface area contributed by atoms with Gasteiger partial charge in [-0.25, -0.2) is 0 Å². The van der Waals surface area contributed by atoms with Crippen LogP contribution in [0.5, 0.6) is 0 Å². The van der Waals surface area contributed by atoms with Crippen LogP contribution in [0.25, 0.3) is 0 Å². The number of aryl methyl sites for hydroxylation is 3. The number of aromatic nitrogens is 3. The number of hydrogen-bond donors (Lipinski definition) is 1. The number of nitrogens with zero attached hydrogens (tertiary/aromatic N) is 4. The Hall–Kier alpha value is -2.68. The fraction of sp³-hybridized carbons (Fsp3) is 0.412. The van der Waals surface area contributed by atoms with Crippen LogP contribution < -0.4 is 5.32 Å². The van der Waals surface area contributed by atoms with Gasteiger partial charge in [-0.3, -0.25) is 4.79 Å². The van der Waals surface area contributed by atoms with Crippen LogP contribution in [0.4, 0.5) is 0 Å². The van der Waals surface area contributed by atoms with Crippen molar-refractivity contribution >= 4 is 5.91 Å². The van der Waals surface area contributed by atoms with Crippen molar-refractivity contribution in [2.24, 2.45) is 0 Å². The number of amides is 1. The van der Waals surface area contributed by atoms with E-state index in [9.17, 15) is 4.79 Å². The molecular formula is C17H19N5O. The molecule has 3 rings (SSSR count). The van der Waals surface area contributed by atoms with E-state index in [1.807, 2.05) is 19.1 Å². The number of carbonyl (C=O) groups is 1. The number of nitriles is 1. The Labute approximate surface area is 135 Å². The third-order valence-electron chi connectivity index (χ3n) is 4.22. The predicted molar refractivity (Wildman–Crippen MR) is 84.5 cm³/mol. The zero-order chi connectivity index (χ0) is 16.2. The summed E-state index contributed by atoms with van der Waals surface area (Å²) in [4.78, 5) is 12.1. The Bertz CT molecular complexity index is 741. The van der Waals surface area contributed by atoms with Crippen LogP contribution in [0, 0.1) is 18.3 Å². The summed E-state index contributed by atoms with van der Waals surface area (Å²) in [6.45, 7) is 2.68. The van der Waals surface area contributed by atoms with Gasteiger partial charge in [0.15, 0.2) is 0 Å². The molecule has 2 aromatic rings. The third kappa shape index (κ3) is 3.57. The van der Waals surface area contributed by atoms with Crippen LogP contribution >= 0.6 is 0 Å². The van der Waals surface area contributed by atoms with Crippen LogP contribution in [0.15, 0.2) is 24.3 Å². The minimum absolute atomic E-state index is 0.0635. The van der Waals surface area contributed by atoms with E-state index in [0.29, 0.717) is 18.4 Å². The number of nitrogens with one attached hydrogen (secondary N) is 1. The minimum Gasteiger partial charge on any atom is -0.352 e. The summed E-state index contributed by atoms with van der Waals surface area (Å²) in [5.41, 5.74) is 1.71. The second-order valence-electron chi connectivity index (χ2n) is 5.89. The molecule has 0 fully saturated rings. The van der Waals surface area contributed by atoms with E-state index >= 15 is 0 Å². The number of fused-ring (bicyclic) bond motifs is 1. The zero-order valence-electron chi connectivity index (χ0n) is 13.1. The molecule has 118 valence electrons. The van der Waals surface area contributed by atoms with Crippen molar-refractivity contribution in [2.45, 2.75) is 45.2 Å². The second-order valence-corrected chi connectivity index (χ2v) is 5.89. The van der Waals surface area contributed by atoms with Gasteiger partial charge in [-0.2, -0.15) is 5.26 Å². The highest BCUT2D eigenvalue weighted by molar-refractivity contribution is 5.76. The SMILES string of the molecule is Cc1nnc2n1CC(NC(=O)CCc1ccc(C#N)cc1)CC2. The van der Waals surface area contributed by atoms with Crippen LogP contribution in [0.2, 0.25) is 0 Å². The first-order valence-corrected chi connectivity index (χ1v) is 7.83. The molecule has 0 spiro atoms. The van der Waals surface area contributed by atoms with Crippen molar-refractivity contribution in [1.29, 1.82) is 5.26 Å². The van der Waals surface area contributed by atoms with E-state index in [1.54, 1.807) is 12.1 Å². The highest BCUT2D eigenvalue weighted by Gasteiger charge is 2.22. The Balaban J connectivity index is 1.50. The number of benzene rings is 1. The van der Waals surface area contributed by atoms with E-state index in [2.05, 4.69) is 26.2 Å². The summed E-state index contributed by atoms with van der Waals surface area (Å²) >= 11 is 0. The maximum atomic E-state index is 12.1. The maximum absolute atomic E-state index is 12.1. The first kappa shape index (κ1) is 15.2. The molecule has 0 saturated carbocycles. The van der Waals surface area contributed by atoms with Gasteiger partial charge in [0.05, 0.1) is 11.6 Å². The standard InChI is InChI=1S/C17H19N5O/c1-12-20-21-16-8-7-15(11-22(12)16)19-17(23)9-6-13-2-4-14(10-18)5-3-13/h2-5,15H,6-9,11H2,1H3,(H,19,23). The van der Waals surface area contributed by atoms with Crippen molar-refractivity contribution in [3.05, 3.63) is 47.0 Å². The molecule has 1 amide bonds. The summed E-state index contributed by atoms with van der Waals surface area (Å²) in [7, 11) is 0. The highest BCUT2D eigenvalue weighted by atomic mass is 16.1. The maximum Gasteiger partial charge on any atom is 0.220 e. The second kappa shape index (κ2) is 6.61. The predicted octanol–water partition coefficient (Wildman–Crippen LogP) is 1.52. The normalized spacial score (nSPS) is 16.4. The Morgan fingerprint density at radius 1 is 1.39 bits per heavy atom. The molecule has 0 saturated heterocycles. The quantitative estimate of drug-likeness (QED) is 0.928. The monoisotopic (exact) mass is 309 g/mol. The lowest BCUT2D eigenvalue weighted by molar-refractivity contribution is -0.122. The van der Waals surface area contributed by atoms with Crippen molar-refractivity contribution in [1.82, 2.24) is 20.1 Å². The third-order valence-corrected chi connectivity index (χ3v) is 4.22. The molecule has 1 aliphatic heterocycles. The Kier molecular flexibility index (Phi) is 4.38. The molecule has 0 aliphatic carbocycles. The zero-order valence-corrected chi connectivity index (χ0v) is 13.1. The topological polar surface area (TPSA) is 83.6 Å². The summed E-state index contributed by atoms with van der Waals surface area (Å²) in [5.74, 6) is 1.97. The molecular weight excluding hydrogens is 290 g/mol. The summed E-state index contributed by atoms with van der Waals surface area (Å²) in [6.07, 6.45) is 2.89. The van der Waals surface area contributed by atoms with Gasteiger partial charge in [-0.15, -0.1) is 10.2 Å². The lowest BCUT2D eigenvalue weighted by Gasteiger charge is -2.24. The van der Waals surface area contributed by atoms with Crippen molar-refractivity contribution in [3.8, 4) is 6.07 Å². The van der Waals surface area contributed by atoms with Gasteiger partial charge in [-0.1, -0.05) is 12.1 Å². The van der Waals surface area contributed by atoms with Gasteiger partial charge < -0.3 is 9.88 Å². The van der Waals surface area contributed by atoms with E-state index in [1.165, 1.54) is 0 Å². The fourth-order valence-electron chi connectivity index (χ4n) is 2.88. The molecule has 1 N–H and O–H groups in total. The fourth-order valence-corrected chi connectivity index (χ4v) is 2.88. The van der Waals surface area contributed by atoms with Gasteiger partial charge in [0.25, 0.3) is 0 Å². The molecule has 1 aromatic heterocycles. The van der Waals surface area contributed by atoms with Gasteiger partial charge in [0.1, 0.15) is 11.6 Å². The van der Waals surface area contributed by atoms with E-state index in [-0.39, 0.29) is 11.9 Å². The van der Waals surface area contributed by atoms with Crippen molar-refractivity contribution < 1.29 is 4.79 Å². The first-order chi connectivity index (χ1) is 11.2. The van der Waals surface area contributed by atoms with Crippen molar-refractivity contribution in [3.63, 3.8) is 0 Å². The molecule has 6 nitrogen and oxygen atoms in total. The summed E-state index contributed by atoms with van der Waals surface area (Å²) < 4.78 is 2.08. The first-order valence-electron chi connectivity index (χ1n) is 7.83. The Morgan fingerprint density at radius 2 is 2.17 bits per heavy atom. The molecule has 1 aliphatic rings. The number of rotatable bonds is 4. The largest absolute Gasteiger partial charge is 0.352 e. The molecule has 1 atom stereocenters. The average molecular weight is 309 g/mol. The minimum atomic E-state index is 0.0635. The molecule has 23 heavy (non-hydrogen) atoms. The highest BCUT2D eigenvalue weighted by Crippen LogP contribution is 2.15. The summed E-state index contributed by atoms with van der Waals surface area (Å²) in [6, 6.07) is 9.60. The Morgan fingerprint density at radius 3 is 2.91 bits per heavy atom. The smallest absolute Gasteiger partial charge is 0.220 e.